The summed E-state index contributed by atoms with van der Waals surface area (Å²) in [5.41, 5.74) is 0. The van der Waals surface area contributed by atoms with E-state index in [2.05, 4.69) is 93.7 Å². The van der Waals surface area contributed by atoms with Gasteiger partial charge in [0.25, 0.3) is 0 Å². The highest BCUT2D eigenvalue weighted by atomic mass is 16.6. The Hall–Kier alpha value is -3.15. The molecule has 0 aliphatic heterocycles. The third kappa shape index (κ3) is 65.5. The van der Waals surface area contributed by atoms with Gasteiger partial charge in [0.05, 0.1) is 0 Å². The molecule has 0 amide bonds. The molecule has 0 saturated carbocycles. The van der Waals surface area contributed by atoms with Crippen LogP contribution in [0.25, 0.3) is 0 Å². The van der Waals surface area contributed by atoms with Crippen molar-refractivity contribution < 1.29 is 28.6 Å². The second-order valence-electron chi connectivity index (χ2n) is 23.1. The Bertz CT molecular complexity index is 1450. The normalized spacial score (nSPS) is 12.5. The Kier molecular flexibility index (Phi) is 64.7. The highest BCUT2D eigenvalue weighted by Crippen LogP contribution is 2.17. The van der Waals surface area contributed by atoms with E-state index in [0.717, 1.165) is 89.9 Å². The SMILES string of the molecule is CC/C=C\C/C=C\C/C=C\C/C=C\CCCCCCCCCCCCCCCCC(=O)OCC(COC(=O)CCCCCCCCCCCCC)OC(=O)CCCCCCCCCCCCC/C=C\C/C=C\CCCCCCC. The van der Waals surface area contributed by atoms with Crippen molar-refractivity contribution in [2.24, 2.45) is 0 Å². The number of ether oxygens (including phenoxy) is 3. The molecule has 0 heterocycles. The highest BCUT2D eigenvalue weighted by molar-refractivity contribution is 5.71. The molecule has 0 aliphatic rings. The molecule has 0 bridgehead atoms. The first-order chi connectivity index (χ1) is 39.0. The fourth-order valence-corrected chi connectivity index (χ4v) is 10.1. The molecule has 1 atom stereocenters. The molecule has 0 radical (unpaired) electrons. The molecule has 458 valence electrons. The quantitative estimate of drug-likeness (QED) is 0.0261. The lowest BCUT2D eigenvalue weighted by atomic mass is 10.0. The summed E-state index contributed by atoms with van der Waals surface area (Å²) in [5.74, 6) is -0.855. The monoisotopic (exact) mass is 1100 g/mol. The first-order valence-corrected chi connectivity index (χ1v) is 34.4. The van der Waals surface area contributed by atoms with Crippen molar-refractivity contribution in [1.82, 2.24) is 0 Å². The lowest BCUT2D eigenvalue weighted by molar-refractivity contribution is -0.167. The van der Waals surface area contributed by atoms with Gasteiger partial charge in [0.15, 0.2) is 6.10 Å². The number of hydrogen-bond donors (Lipinski definition) is 0. The van der Waals surface area contributed by atoms with E-state index < -0.39 is 6.10 Å². The Morgan fingerprint density at radius 3 is 0.772 bits per heavy atom. The van der Waals surface area contributed by atoms with Gasteiger partial charge in [0, 0.05) is 19.3 Å². The average Bonchev–Trinajstić information content (AvgIpc) is 3.45. The van der Waals surface area contributed by atoms with Gasteiger partial charge in [-0.1, -0.05) is 318 Å². The number of esters is 3. The lowest BCUT2D eigenvalue weighted by Crippen LogP contribution is -2.30. The molecule has 0 N–H and O–H groups in total. The summed E-state index contributed by atoms with van der Waals surface area (Å²) >= 11 is 0. The van der Waals surface area contributed by atoms with E-state index in [-0.39, 0.29) is 31.1 Å². The average molecular weight is 1100 g/mol. The van der Waals surface area contributed by atoms with Gasteiger partial charge in [-0.05, 0) is 89.9 Å². The maximum absolute atomic E-state index is 12.9. The van der Waals surface area contributed by atoms with E-state index in [4.69, 9.17) is 14.2 Å². The van der Waals surface area contributed by atoms with Gasteiger partial charge >= 0.3 is 17.9 Å². The molecule has 0 fully saturated rings. The Labute approximate surface area is 491 Å². The van der Waals surface area contributed by atoms with Crippen LogP contribution in [0.5, 0.6) is 0 Å². The lowest BCUT2D eigenvalue weighted by Gasteiger charge is -2.18. The van der Waals surface area contributed by atoms with Gasteiger partial charge in [-0.3, -0.25) is 14.4 Å². The van der Waals surface area contributed by atoms with Crippen LogP contribution < -0.4 is 0 Å². The molecule has 0 spiro atoms. The van der Waals surface area contributed by atoms with Crippen molar-refractivity contribution >= 4 is 17.9 Å². The number of carbonyl (C=O) groups is 3. The van der Waals surface area contributed by atoms with Crippen molar-refractivity contribution in [3.8, 4) is 0 Å². The third-order valence-electron chi connectivity index (χ3n) is 15.2. The minimum absolute atomic E-state index is 0.0715. The van der Waals surface area contributed by atoms with Gasteiger partial charge in [-0.25, -0.2) is 0 Å². The Morgan fingerprint density at radius 2 is 0.494 bits per heavy atom. The molecule has 0 aromatic rings. The Morgan fingerprint density at radius 1 is 0.266 bits per heavy atom. The maximum atomic E-state index is 12.9. The summed E-state index contributed by atoms with van der Waals surface area (Å²) in [5, 5.41) is 0. The summed E-state index contributed by atoms with van der Waals surface area (Å²) < 4.78 is 17.0. The van der Waals surface area contributed by atoms with Crippen molar-refractivity contribution in [2.45, 2.75) is 361 Å². The van der Waals surface area contributed by atoms with Crippen molar-refractivity contribution in [3.63, 3.8) is 0 Å². The zero-order valence-corrected chi connectivity index (χ0v) is 52.6. The molecule has 0 aromatic heterocycles. The second kappa shape index (κ2) is 67.4. The van der Waals surface area contributed by atoms with Crippen LogP contribution in [0.15, 0.2) is 72.9 Å². The van der Waals surface area contributed by atoms with E-state index in [1.54, 1.807) is 0 Å². The van der Waals surface area contributed by atoms with E-state index >= 15 is 0 Å². The predicted molar refractivity (Wildman–Crippen MR) is 344 cm³/mol. The summed E-state index contributed by atoms with van der Waals surface area (Å²) in [6.45, 7) is 6.56. The predicted octanol–water partition coefficient (Wildman–Crippen LogP) is 23.7. The molecule has 0 aliphatic carbocycles. The van der Waals surface area contributed by atoms with Crippen molar-refractivity contribution in [2.75, 3.05) is 13.2 Å². The molecule has 0 rings (SSSR count). The van der Waals surface area contributed by atoms with Crippen LogP contribution in [-0.2, 0) is 28.6 Å². The fraction of sp³-hybridized carbons (Fsp3) is 0.795. The van der Waals surface area contributed by atoms with Crippen LogP contribution in [0.4, 0.5) is 0 Å². The van der Waals surface area contributed by atoms with Crippen LogP contribution in [0.2, 0.25) is 0 Å². The fourth-order valence-electron chi connectivity index (χ4n) is 10.1. The van der Waals surface area contributed by atoms with Crippen molar-refractivity contribution in [1.29, 1.82) is 0 Å². The highest BCUT2D eigenvalue weighted by Gasteiger charge is 2.19. The van der Waals surface area contributed by atoms with Crippen LogP contribution >= 0.6 is 0 Å². The molecule has 6 heteroatoms. The van der Waals surface area contributed by atoms with Crippen LogP contribution in [0.1, 0.15) is 355 Å². The zero-order chi connectivity index (χ0) is 57.1. The van der Waals surface area contributed by atoms with Crippen LogP contribution in [0, 0.1) is 0 Å². The number of hydrogen-bond acceptors (Lipinski definition) is 6. The van der Waals surface area contributed by atoms with E-state index in [1.807, 2.05) is 0 Å². The first-order valence-electron chi connectivity index (χ1n) is 34.4. The Balaban J connectivity index is 4.21. The molecular formula is C73H130O6. The van der Waals surface area contributed by atoms with E-state index in [9.17, 15) is 14.4 Å². The maximum Gasteiger partial charge on any atom is 0.306 e. The summed E-state index contributed by atoms with van der Waals surface area (Å²) in [6.07, 6.45) is 87.8. The van der Waals surface area contributed by atoms with E-state index in [0.29, 0.717) is 19.3 Å². The van der Waals surface area contributed by atoms with Gasteiger partial charge in [0.1, 0.15) is 13.2 Å². The summed E-state index contributed by atoms with van der Waals surface area (Å²) in [4.78, 5) is 38.4. The minimum Gasteiger partial charge on any atom is -0.462 e. The van der Waals surface area contributed by atoms with Gasteiger partial charge in [-0.15, -0.1) is 0 Å². The molecule has 79 heavy (non-hydrogen) atoms. The van der Waals surface area contributed by atoms with Crippen LogP contribution in [0.3, 0.4) is 0 Å². The first kappa shape index (κ1) is 75.8. The smallest absolute Gasteiger partial charge is 0.306 e. The number of carbonyl (C=O) groups excluding carboxylic acids is 3. The molecule has 0 aromatic carbocycles. The molecule has 0 saturated heterocycles. The third-order valence-corrected chi connectivity index (χ3v) is 15.2. The zero-order valence-electron chi connectivity index (χ0n) is 52.6. The summed E-state index contributed by atoms with van der Waals surface area (Å²) in [7, 11) is 0. The largest absolute Gasteiger partial charge is 0.462 e. The number of rotatable bonds is 63. The minimum atomic E-state index is -0.775. The molecule has 6 nitrogen and oxygen atoms in total. The molecular weight excluding hydrogens is 973 g/mol. The van der Waals surface area contributed by atoms with Crippen LogP contribution in [-0.4, -0.2) is 37.2 Å². The number of allylic oxidation sites excluding steroid dienone is 12. The number of unbranched alkanes of at least 4 members (excludes halogenated alkanes) is 40. The van der Waals surface area contributed by atoms with Gasteiger partial charge < -0.3 is 14.2 Å². The van der Waals surface area contributed by atoms with Gasteiger partial charge in [-0.2, -0.15) is 0 Å². The van der Waals surface area contributed by atoms with Gasteiger partial charge in [0.2, 0.25) is 0 Å². The standard InChI is InChI=1S/C73H130O6/c1-4-7-10-13-16-19-22-24-26-28-30-32-34-35-36-37-39-40-42-44-46-48-51-54-57-60-63-66-72(75)78-69-70(68-77-71(74)65-62-59-56-53-50-21-18-15-12-9-6-3)79-73(76)67-64-61-58-55-52-49-47-45-43-41-38-33-31-29-27-25-23-20-17-14-11-8-5-2/h7,10,16,19,23-26,29-32,70H,4-6,8-9,11-15,17-18,20-22,27-28,33-69H2,1-3H3/b10-7-,19-16-,25-23-,26-24-,31-29-,32-30-. The molecule has 1 unspecified atom stereocenters. The summed E-state index contributed by atoms with van der Waals surface area (Å²) in [6, 6.07) is 0. The van der Waals surface area contributed by atoms with Crippen molar-refractivity contribution in [3.05, 3.63) is 72.9 Å². The van der Waals surface area contributed by atoms with E-state index in [1.165, 1.54) is 225 Å². The second-order valence-corrected chi connectivity index (χ2v) is 23.1. The topological polar surface area (TPSA) is 78.9 Å².